The van der Waals surface area contributed by atoms with Crippen LogP contribution in [-0.4, -0.2) is 17.0 Å². The normalized spacial score (nSPS) is 11.7. The van der Waals surface area contributed by atoms with E-state index in [0.717, 1.165) is 0 Å². The van der Waals surface area contributed by atoms with Gasteiger partial charge >= 0.3 is 5.97 Å². The highest BCUT2D eigenvalue weighted by molar-refractivity contribution is 9.10. The lowest BCUT2D eigenvalue weighted by Gasteiger charge is -2.15. The zero-order valence-electron chi connectivity index (χ0n) is 10.7. The highest BCUT2D eigenvalue weighted by Gasteiger charge is 2.24. The molecule has 0 radical (unpaired) electrons. The van der Waals surface area contributed by atoms with E-state index in [1.165, 1.54) is 18.2 Å². The Morgan fingerprint density at radius 2 is 1.76 bits per heavy atom. The Morgan fingerprint density at radius 3 is 2.38 bits per heavy atom. The third-order valence-electron chi connectivity index (χ3n) is 2.85. The number of carboxylic acids is 1. The summed E-state index contributed by atoms with van der Waals surface area (Å²) in [6.07, 6.45) is 0. The largest absolute Gasteiger partial charge is 0.479 e. The lowest BCUT2D eigenvalue weighted by atomic mass is 10.1. The van der Waals surface area contributed by atoms with Crippen LogP contribution in [-0.2, 0) is 4.79 Å². The summed E-state index contributed by atoms with van der Waals surface area (Å²) in [6, 6.07) is 11.2. The average Bonchev–Trinajstić information content (AvgIpc) is 2.48. The van der Waals surface area contributed by atoms with Crippen LogP contribution in [0.4, 0.5) is 4.39 Å². The van der Waals surface area contributed by atoms with Crippen molar-refractivity contribution in [2.24, 2.45) is 0 Å². The van der Waals surface area contributed by atoms with Gasteiger partial charge in [0.05, 0.1) is 10.0 Å². The number of carboxylic acid groups (broad SMARTS) is 1. The predicted molar refractivity (Wildman–Crippen MR) is 78.4 cm³/mol. The van der Waals surface area contributed by atoms with Crippen molar-refractivity contribution in [3.63, 3.8) is 0 Å². The van der Waals surface area contributed by atoms with Crippen LogP contribution in [0.5, 0.6) is 0 Å². The maximum absolute atomic E-state index is 13.9. The molecule has 4 nitrogen and oxygen atoms in total. The Bertz CT molecular complexity index is 676. The van der Waals surface area contributed by atoms with Crippen LogP contribution in [0.15, 0.2) is 53.0 Å². The van der Waals surface area contributed by atoms with Crippen molar-refractivity contribution in [3.8, 4) is 0 Å². The molecule has 0 fully saturated rings. The number of hydrogen-bond donors (Lipinski definition) is 2. The second-order valence-electron chi connectivity index (χ2n) is 4.26. The van der Waals surface area contributed by atoms with Gasteiger partial charge in [-0.1, -0.05) is 36.4 Å². The third kappa shape index (κ3) is 3.46. The van der Waals surface area contributed by atoms with Gasteiger partial charge in [-0.3, -0.25) is 4.79 Å². The summed E-state index contributed by atoms with van der Waals surface area (Å²) >= 11 is 2.98. The first-order chi connectivity index (χ1) is 10.0. The van der Waals surface area contributed by atoms with Gasteiger partial charge in [0.2, 0.25) is 0 Å². The molecule has 0 saturated heterocycles. The summed E-state index contributed by atoms with van der Waals surface area (Å²) in [7, 11) is 0. The number of benzene rings is 2. The highest BCUT2D eigenvalue weighted by Crippen LogP contribution is 2.20. The van der Waals surface area contributed by atoms with E-state index in [-0.39, 0.29) is 10.0 Å². The number of aliphatic carboxylic acids is 1. The zero-order chi connectivity index (χ0) is 15.4. The van der Waals surface area contributed by atoms with Crippen molar-refractivity contribution in [2.45, 2.75) is 6.04 Å². The van der Waals surface area contributed by atoms with Crippen LogP contribution in [0.2, 0.25) is 0 Å². The van der Waals surface area contributed by atoms with Gasteiger partial charge in [-0.2, -0.15) is 0 Å². The Labute approximate surface area is 128 Å². The smallest absolute Gasteiger partial charge is 0.330 e. The zero-order valence-corrected chi connectivity index (χ0v) is 12.3. The van der Waals surface area contributed by atoms with Gasteiger partial charge in [0.25, 0.3) is 5.91 Å². The molecule has 0 saturated carbocycles. The van der Waals surface area contributed by atoms with E-state index in [1.807, 2.05) is 0 Å². The maximum Gasteiger partial charge on any atom is 0.330 e. The SMILES string of the molecule is O=C(N[C@H](C(=O)O)c1ccccc1)c1cccc(Br)c1F. The first-order valence-corrected chi connectivity index (χ1v) is 6.82. The second-order valence-corrected chi connectivity index (χ2v) is 5.11. The monoisotopic (exact) mass is 351 g/mol. The molecular weight excluding hydrogens is 341 g/mol. The minimum atomic E-state index is -1.24. The molecule has 6 heteroatoms. The predicted octanol–water partition coefficient (Wildman–Crippen LogP) is 3.14. The van der Waals surface area contributed by atoms with Crippen molar-refractivity contribution >= 4 is 27.8 Å². The van der Waals surface area contributed by atoms with Gasteiger partial charge in [-0.25, -0.2) is 9.18 Å². The fraction of sp³-hybridized carbons (Fsp3) is 0.0667. The van der Waals surface area contributed by atoms with Crippen LogP contribution in [0, 0.1) is 5.82 Å². The average molecular weight is 352 g/mol. The number of amides is 1. The molecule has 2 aromatic rings. The number of nitrogens with one attached hydrogen (secondary N) is 1. The number of halogens is 2. The van der Waals surface area contributed by atoms with E-state index in [2.05, 4.69) is 21.2 Å². The van der Waals surface area contributed by atoms with Crippen LogP contribution < -0.4 is 5.32 Å². The molecule has 2 aromatic carbocycles. The number of hydrogen-bond acceptors (Lipinski definition) is 2. The van der Waals surface area contributed by atoms with Gasteiger partial charge in [0.1, 0.15) is 5.82 Å². The number of carbonyl (C=O) groups excluding carboxylic acids is 1. The molecule has 0 aliphatic heterocycles. The minimum absolute atomic E-state index is 0.140. The van der Waals surface area contributed by atoms with Gasteiger partial charge in [0, 0.05) is 0 Å². The van der Waals surface area contributed by atoms with Gasteiger partial charge in [0.15, 0.2) is 6.04 Å². The minimum Gasteiger partial charge on any atom is -0.479 e. The van der Waals surface area contributed by atoms with E-state index in [9.17, 15) is 19.1 Å². The van der Waals surface area contributed by atoms with E-state index in [0.29, 0.717) is 5.56 Å². The van der Waals surface area contributed by atoms with Crippen molar-refractivity contribution in [1.29, 1.82) is 0 Å². The van der Waals surface area contributed by atoms with Crippen LogP contribution in [0.25, 0.3) is 0 Å². The molecule has 0 aliphatic carbocycles. The summed E-state index contributed by atoms with van der Waals surface area (Å²) in [5, 5.41) is 11.5. The molecule has 0 unspecified atom stereocenters. The fourth-order valence-electron chi connectivity index (χ4n) is 1.82. The molecular formula is C15H11BrFNO3. The van der Waals surface area contributed by atoms with Crippen molar-refractivity contribution in [1.82, 2.24) is 5.32 Å². The molecule has 2 N–H and O–H groups in total. The van der Waals surface area contributed by atoms with Gasteiger partial charge in [-0.05, 0) is 33.6 Å². The van der Waals surface area contributed by atoms with E-state index < -0.39 is 23.7 Å². The summed E-state index contributed by atoms with van der Waals surface area (Å²) in [6.45, 7) is 0. The molecule has 1 amide bonds. The summed E-state index contributed by atoms with van der Waals surface area (Å²) in [5.74, 6) is -2.73. The molecule has 0 aliphatic rings. The summed E-state index contributed by atoms with van der Waals surface area (Å²) < 4.78 is 14.0. The Morgan fingerprint density at radius 1 is 1.10 bits per heavy atom. The molecule has 0 aromatic heterocycles. The van der Waals surface area contributed by atoms with E-state index >= 15 is 0 Å². The van der Waals surface area contributed by atoms with Crippen LogP contribution in [0.3, 0.4) is 0 Å². The molecule has 0 heterocycles. The molecule has 21 heavy (non-hydrogen) atoms. The van der Waals surface area contributed by atoms with Gasteiger partial charge in [-0.15, -0.1) is 0 Å². The van der Waals surface area contributed by atoms with Crippen molar-refractivity contribution in [3.05, 3.63) is 69.9 Å². The van der Waals surface area contributed by atoms with Crippen LogP contribution >= 0.6 is 15.9 Å². The summed E-state index contributed by atoms with van der Waals surface area (Å²) in [5.41, 5.74) is 0.195. The highest BCUT2D eigenvalue weighted by atomic mass is 79.9. The lowest BCUT2D eigenvalue weighted by molar-refractivity contribution is -0.139. The standard InChI is InChI=1S/C15H11BrFNO3/c16-11-8-4-7-10(12(11)17)14(19)18-13(15(20)21)9-5-2-1-3-6-9/h1-8,13H,(H,18,19)(H,20,21)/t13-/m0/s1. The quantitative estimate of drug-likeness (QED) is 0.889. The second kappa shape index (κ2) is 6.49. The fourth-order valence-corrected chi connectivity index (χ4v) is 2.19. The molecule has 108 valence electrons. The Hall–Kier alpha value is -2.21. The van der Waals surface area contributed by atoms with Crippen molar-refractivity contribution in [2.75, 3.05) is 0 Å². The Balaban J connectivity index is 2.28. The molecule has 1 atom stereocenters. The van der Waals surface area contributed by atoms with E-state index in [1.54, 1.807) is 30.3 Å². The summed E-state index contributed by atoms with van der Waals surface area (Å²) in [4.78, 5) is 23.4. The van der Waals surface area contributed by atoms with Crippen molar-refractivity contribution < 1.29 is 19.1 Å². The topological polar surface area (TPSA) is 66.4 Å². The van der Waals surface area contributed by atoms with Crippen LogP contribution in [0.1, 0.15) is 22.0 Å². The molecule has 2 rings (SSSR count). The lowest BCUT2D eigenvalue weighted by Crippen LogP contribution is -2.34. The third-order valence-corrected chi connectivity index (χ3v) is 3.46. The maximum atomic E-state index is 13.9. The first-order valence-electron chi connectivity index (χ1n) is 6.03. The number of carbonyl (C=O) groups is 2. The molecule has 0 spiro atoms. The Kier molecular flexibility index (Phi) is 4.70. The first kappa shape index (κ1) is 15.2. The van der Waals surface area contributed by atoms with Gasteiger partial charge < -0.3 is 10.4 Å². The number of rotatable bonds is 4. The van der Waals surface area contributed by atoms with E-state index in [4.69, 9.17) is 0 Å². The molecule has 0 bridgehead atoms.